The normalized spacial score (nSPS) is 22.1. The lowest BCUT2D eigenvalue weighted by Gasteiger charge is -2.28. The van der Waals surface area contributed by atoms with E-state index in [4.69, 9.17) is 28.0 Å². The molecule has 0 saturated carbocycles. The summed E-state index contributed by atoms with van der Waals surface area (Å²) in [5, 5.41) is 13.4. The average Bonchev–Trinajstić information content (AvgIpc) is 3.31. The molecule has 5 rings (SSSR count). The quantitative estimate of drug-likeness (QED) is 0.296. The first kappa shape index (κ1) is 21.4. The number of carbonyl (C=O) groups excluding carboxylic acids is 2. The lowest BCUT2D eigenvalue weighted by Crippen LogP contribution is -2.37. The van der Waals surface area contributed by atoms with Crippen molar-refractivity contribution in [3.05, 3.63) is 98.5 Å². The molecule has 2 fully saturated rings. The summed E-state index contributed by atoms with van der Waals surface area (Å²) in [4.78, 5) is 44.8. The minimum atomic E-state index is -1.09. The highest BCUT2D eigenvalue weighted by molar-refractivity contribution is 6.32. The van der Waals surface area contributed by atoms with Crippen molar-refractivity contribution < 1.29 is 19.3 Å². The SMILES string of the molecule is O=C1[C@H]2[C@H](ON(c3ccccc3)[C@H]2c2ccc(Cl)c([N+](=O)[O-])c2)C(=O)N1c1ccc(Cl)cc1. The minimum Gasteiger partial charge on any atom is -0.273 e. The fourth-order valence-electron chi connectivity index (χ4n) is 4.25. The Bertz CT molecular complexity index is 1270. The molecule has 0 bridgehead atoms. The molecule has 0 aromatic heterocycles. The third kappa shape index (κ3) is 3.52. The van der Waals surface area contributed by atoms with Crippen LogP contribution in [-0.4, -0.2) is 22.8 Å². The lowest BCUT2D eigenvalue weighted by molar-refractivity contribution is -0.384. The molecule has 0 N–H and O–H groups in total. The maximum absolute atomic E-state index is 13.5. The van der Waals surface area contributed by atoms with Crippen molar-refractivity contribution in [2.45, 2.75) is 12.1 Å². The number of hydroxylamine groups is 1. The Morgan fingerprint density at radius 2 is 1.58 bits per heavy atom. The summed E-state index contributed by atoms with van der Waals surface area (Å²) < 4.78 is 0. The summed E-state index contributed by atoms with van der Waals surface area (Å²) in [5.41, 5.74) is 1.12. The Morgan fingerprint density at radius 3 is 2.24 bits per heavy atom. The van der Waals surface area contributed by atoms with Gasteiger partial charge in [-0.25, -0.2) is 9.96 Å². The second kappa shape index (κ2) is 8.15. The Balaban J connectivity index is 1.61. The van der Waals surface area contributed by atoms with E-state index in [9.17, 15) is 19.7 Å². The lowest BCUT2D eigenvalue weighted by atomic mass is 9.90. The van der Waals surface area contributed by atoms with Crippen molar-refractivity contribution in [2.75, 3.05) is 9.96 Å². The van der Waals surface area contributed by atoms with E-state index in [-0.39, 0.29) is 10.7 Å². The number of amides is 2. The van der Waals surface area contributed by atoms with E-state index in [0.29, 0.717) is 22.0 Å². The van der Waals surface area contributed by atoms with Gasteiger partial charge in [-0.1, -0.05) is 47.5 Å². The van der Waals surface area contributed by atoms with Crippen LogP contribution in [0.1, 0.15) is 11.6 Å². The highest BCUT2D eigenvalue weighted by Gasteiger charge is 2.60. The molecule has 2 amide bonds. The van der Waals surface area contributed by atoms with E-state index in [1.807, 2.05) is 6.07 Å². The fourth-order valence-corrected chi connectivity index (χ4v) is 4.56. The van der Waals surface area contributed by atoms with Gasteiger partial charge in [0.15, 0.2) is 6.10 Å². The number of imide groups is 1. The topological polar surface area (TPSA) is 93.0 Å². The molecule has 10 heteroatoms. The molecule has 3 atom stereocenters. The van der Waals surface area contributed by atoms with Crippen LogP contribution in [0.25, 0.3) is 0 Å². The van der Waals surface area contributed by atoms with Gasteiger partial charge in [0.1, 0.15) is 10.9 Å². The fraction of sp³-hybridized carbons (Fsp3) is 0.130. The van der Waals surface area contributed by atoms with Gasteiger partial charge in [-0.2, -0.15) is 0 Å². The van der Waals surface area contributed by atoms with E-state index in [0.717, 1.165) is 4.90 Å². The predicted octanol–water partition coefficient (Wildman–Crippen LogP) is 4.95. The van der Waals surface area contributed by atoms with Crippen LogP contribution < -0.4 is 9.96 Å². The molecular weight excluding hydrogens is 469 g/mol. The maximum atomic E-state index is 13.5. The summed E-state index contributed by atoms with van der Waals surface area (Å²) in [5.74, 6) is -1.90. The predicted molar refractivity (Wildman–Crippen MR) is 122 cm³/mol. The molecule has 0 radical (unpaired) electrons. The molecule has 8 nitrogen and oxygen atoms in total. The summed E-state index contributed by atoms with van der Waals surface area (Å²) in [6, 6.07) is 18.8. The maximum Gasteiger partial charge on any atom is 0.288 e. The van der Waals surface area contributed by atoms with Crippen LogP contribution in [0, 0.1) is 16.0 Å². The highest BCUT2D eigenvalue weighted by Crippen LogP contribution is 2.48. The second-order valence-corrected chi connectivity index (χ2v) is 8.46. The van der Waals surface area contributed by atoms with Crippen LogP contribution in [-0.2, 0) is 14.4 Å². The first-order chi connectivity index (χ1) is 15.9. The number of nitro groups is 1. The van der Waals surface area contributed by atoms with E-state index < -0.39 is 34.8 Å². The smallest absolute Gasteiger partial charge is 0.273 e. The molecule has 2 saturated heterocycles. The van der Waals surface area contributed by atoms with Gasteiger partial charge < -0.3 is 0 Å². The Labute approximate surface area is 198 Å². The van der Waals surface area contributed by atoms with Crippen molar-refractivity contribution in [3.63, 3.8) is 0 Å². The first-order valence-electron chi connectivity index (χ1n) is 9.95. The van der Waals surface area contributed by atoms with Crippen molar-refractivity contribution in [2.24, 2.45) is 5.92 Å². The zero-order valence-corrected chi connectivity index (χ0v) is 18.3. The molecule has 166 valence electrons. The average molecular weight is 484 g/mol. The van der Waals surface area contributed by atoms with Crippen molar-refractivity contribution in [3.8, 4) is 0 Å². The number of hydrogen-bond donors (Lipinski definition) is 0. The van der Waals surface area contributed by atoms with Gasteiger partial charge in [0.25, 0.3) is 11.6 Å². The first-order valence-corrected chi connectivity index (χ1v) is 10.7. The third-order valence-electron chi connectivity index (χ3n) is 5.72. The Kier molecular flexibility index (Phi) is 5.28. The number of nitrogens with zero attached hydrogens (tertiary/aromatic N) is 3. The van der Waals surface area contributed by atoms with Gasteiger partial charge in [0.2, 0.25) is 5.91 Å². The summed E-state index contributed by atoms with van der Waals surface area (Å²) in [7, 11) is 0. The third-order valence-corrected chi connectivity index (χ3v) is 6.29. The van der Waals surface area contributed by atoms with Gasteiger partial charge in [0.05, 0.1) is 22.3 Å². The van der Waals surface area contributed by atoms with E-state index >= 15 is 0 Å². The number of fused-ring (bicyclic) bond motifs is 1. The summed E-state index contributed by atoms with van der Waals surface area (Å²) in [6.07, 6.45) is -1.09. The number of hydrogen-bond acceptors (Lipinski definition) is 6. The van der Waals surface area contributed by atoms with Gasteiger partial charge in [-0.3, -0.25) is 24.5 Å². The van der Waals surface area contributed by atoms with Crippen LogP contribution in [0.15, 0.2) is 72.8 Å². The molecular formula is C23H15Cl2N3O5. The van der Waals surface area contributed by atoms with Crippen molar-refractivity contribution in [1.29, 1.82) is 0 Å². The van der Waals surface area contributed by atoms with E-state index in [1.54, 1.807) is 54.6 Å². The largest absolute Gasteiger partial charge is 0.288 e. The van der Waals surface area contributed by atoms with E-state index in [1.165, 1.54) is 17.2 Å². The zero-order valence-electron chi connectivity index (χ0n) is 16.8. The molecule has 2 aliphatic rings. The van der Waals surface area contributed by atoms with Gasteiger partial charge >= 0.3 is 0 Å². The van der Waals surface area contributed by atoms with Crippen LogP contribution in [0.2, 0.25) is 10.0 Å². The van der Waals surface area contributed by atoms with Crippen LogP contribution >= 0.6 is 23.2 Å². The number of anilines is 2. The Hall–Kier alpha value is -3.46. The van der Waals surface area contributed by atoms with Gasteiger partial charge in [-0.15, -0.1) is 0 Å². The van der Waals surface area contributed by atoms with Crippen molar-refractivity contribution >= 4 is 52.1 Å². The minimum absolute atomic E-state index is 0.0258. The molecule has 33 heavy (non-hydrogen) atoms. The van der Waals surface area contributed by atoms with E-state index in [2.05, 4.69) is 0 Å². The molecule has 2 aliphatic heterocycles. The van der Waals surface area contributed by atoms with Gasteiger partial charge in [-0.05, 0) is 48.0 Å². The van der Waals surface area contributed by atoms with Crippen molar-refractivity contribution in [1.82, 2.24) is 0 Å². The number of nitro benzene ring substituents is 1. The molecule has 0 aliphatic carbocycles. The molecule has 3 aromatic carbocycles. The number of carbonyl (C=O) groups is 2. The number of para-hydroxylation sites is 1. The Morgan fingerprint density at radius 1 is 0.879 bits per heavy atom. The second-order valence-electron chi connectivity index (χ2n) is 7.61. The zero-order chi connectivity index (χ0) is 23.3. The molecule has 0 spiro atoms. The van der Waals surface area contributed by atoms with Crippen LogP contribution in [0.5, 0.6) is 0 Å². The van der Waals surface area contributed by atoms with Gasteiger partial charge in [0, 0.05) is 11.1 Å². The monoisotopic (exact) mass is 483 g/mol. The number of benzene rings is 3. The summed E-state index contributed by atoms with van der Waals surface area (Å²) in [6.45, 7) is 0. The highest BCUT2D eigenvalue weighted by atomic mass is 35.5. The molecule has 3 aromatic rings. The standard InChI is InChI=1S/C23H15Cl2N3O5/c24-14-7-9-15(10-8-14)26-22(29)19-20(13-6-11-17(25)18(12-13)28(31)32)27(33-21(19)23(26)30)16-4-2-1-3-5-16/h1-12,19-21H/t19-,20+,21+/m1/s1. The van der Waals surface area contributed by atoms with Crippen LogP contribution in [0.3, 0.4) is 0 Å². The van der Waals surface area contributed by atoms with Crippen LogP contribution in [0.4, 0.5) is 17.1 Å². The number of halogens is 2. The summed E-state index contributed by atoms with van der Waals surface area (Å²) >= 11 is 11.9. The number of rotatable bonds is 4. The molecule has 2 heterocycles. The molecule has 0 unspecified atom stereocenters.